The number of nitrogens with zero attached hydrogens (tertiary/aromatic N) is 1. The molecular weight excluding hydrogens is 495 g/mol. The lowest BCUT2D eigenvalue weighted by atomic mass is 9.45. The number of aliphatic hydroxyl groups is 2. The molecule has 2 unspecified atom stereocenters. The molecular formula is C23H33IN2O4. The normalized spacial score (nSPS) is 38.7. The second kappa shape index (κ2) is 8.31. The third kappa shape index (κ3) is 3.92. The van der Waals surface area contributed by atoms with E-state index in [4.69, 9.17) is 4.84 Å². The monoisotopic (exact) mass is 528 g/mol. The van der Waals surface area contributed by atoms with Crippen molar-refractivity contribution in [3.05, 3.63) is 33.4 Å². The molecule has 0 spiro atoms. The minimum absolute atomic E-state index is 0.126. The Morgan fingerprint density at radius 1 is 1.40 bits per heavy atom. The summed E-state index contributed by atoms with van der Waals surface area (Å²) >= 11 is 2.25. The molecule has 2 bridgehead atoms. The molecule has 3 N–H and O–H groups in total. The lowest BCUT2D eigenvalue weighted by molar-refractivity contribution is -0.231. The maximum atomic E-state index is 13.4. The Hall–Kier alpha value is -0.740. The number of aliphatic hydroxyl groups excluding tert-OH is 2. The molecule has 3 aliphatic carbocycles. The van der Waals surface area contributed by atoms with Gasteiger partial charge in [-0.25, -0.2) is 0 Å². The number of benzene rings is 1. The van der Waals surface area contributed by atoms with Gasteiger partial charge in [-0.3, -0.25) is 9.63 Å². The van der Waals surface area contributed by atoms with Gasteiger partial charge in [0, 0.05) is 9.61 Å². The molecule has 7 heteroatoms. The zero-order valence-corrected chi connectivity index (χ0v) is 20.2. The van der Waals surface area contributed by atoms with Gasteiger partial charge in [0.15, 0.2) is 6.29 Å². The Bertz CT molecular complexity index is 801. The van der Waals surface area contributed by atoms with Gasteiger partial charge < -0.3 is 15.5 Å². The van der Waals surface area contributed by atoms with Gasteiger partial charge >= 0.3 is 0 Å². The summed E-state index contributed by atoms with van der Waals surface area (Å²) in [6.07, 6.45) is 0.163. The van der Waals surface area contributed by atoms with Crippen LogP contribution >= 0.6 is 22.6 Å². The molecule has 30 heavy (non-hydrogen) atoms. The van der Waals surface area contributed by atoms with Gasteiger partial charge in [0.2, 0.25) is 5.91 Å². The van der Waals surface area contributed by atoms with E-state index in [-0.39, 0.29) is 11.9 Å². The Morgan fingerprint density at radius 3 is 2.73 bits per heavy atom. The van der Waals surface area contributed by atoms with Crippen molar-refractivity contribution in [3.63, 3.8) is 0 Å². The highest BCUT2D eigenvalue weighted by molar-refractivity contribution is 14.1. The number of halogens is 1. The predicted octanol–water partition coefficient (Wildman–Crippen LogP) is 2.91. The smallest absolute Gasteiger partial charge is 0.240 e. The second-order valence-corrected chi connectivity index (χ2v) is 11.3. The molecule has 3 saturated carbocycles. The largest absolute Gasteiger partial charge is 0.393 e. The van der Waals surface area contributed by atoms with Crippen LogP contribution in [0.1, 0.15) is 46.1 Å². The molecule has 8 atom stereocenters. The van der Waals surface area contributed by atoms with E-state index in [0.29, 0.717) is 29.7 Å². The van der Waals surface area contributed by atoms with Gasteiger partial charge in [-0.1, -0.05) is 32.9 Å². The van der Waals surface area contributed by atoms with E-state index >= 15 is 0 Å². The Balaban J connectivity index is 1.51. The van der Waals surface area contributed by atoms with E-state index in [1.54, 1.807) is 12.0 Å². The SMILES string of the molecule is CC1[C@@H](NC(=O)[C@@H]2[C@H]([C@H](C)O)C(O)ON2Cc2cccc(I)c2)C[C@H]2C[C@@H]1C2(C)C. The third-order valence-corrected chi connectivity index (χ3v) is 8.65. The number of fused-ring (bicyclic) bond motifs is 2. The number of rotatable bonds is 5. The molecule has 4 fully saturated rings. The van der Waals surface area contributed by atoms with Gasteiger partial charge in [-0.15, -0.1) is 0 Å². The summed E-state index contributed by atoms with van der Waals surface area (Å²) in [6.45, 7) is 8.89. The van der Waals surface area contributed by atoms with Crippen molar-refractivity contribution in [2.75, 3.05) is 0 Å². The van der Waals surface area contributed by atoms with Crippen LogP contribution in [0.3, 0.4) is 0 Å². The molecule has 1 saturated heterocycles. The fraction of sp³-hybridized carbons (Fsp3) is 0.696. The molecule has 1 aromatic rings. The number of hydrogen-bond donors (Lipinski definition) is 3. The second-order valence-electron chi connectivity index (χ2n) is 10.0. The molecule has 5 rings (SSSR count). The minimum atomic E-state index is -1.21. The number of carbonyl (C=O) groups excluding carboxylic acids is 1. The zero-order chi connectivity index (χ0) is 21.8. The van der Waals surface area contributed by atoms with E-state index in [2.05, 4.69) is 48.7 Å². The van der Waals surface area contributed by atoms with E-state index in [9.17, 15) is 15.0 Å². The molecule has 0 radical (unpaired) electrons. The highest BCUT2D eigenvalue weighted by atomic mass is 127. The van der Waals surface area contributed by atoms with Crippen LogP contribution in [0.2, 0.25) is 0 Å². The summed E-state index contributed by atoms with van der Waals surface area (Å²) in [5.41, 5.74) is 1.35. The van der Waals surface area contributed by atoms with Crippen molar-refractivity contribution in [2.45, 2.75) is 71.6 Å². The minimum Gasteiger partial charge on any atom is -0.393 e. The summed E-state index contributed by atoms with van der Waals surface area (Å²) in [5, 5.41) is 25.5. The van der Waals surface area contributed by atoms with Crippen LogP contribution in [0.15, 0.2) is 24.3 Å². The van der Waals surface area contributed by atoms with Crippen molar-refractivity contribution in [3.8, 4) is 0 Å². The van der Waals surface area contributed by atoms with Crippen LogP contribution in [0, 0.1) is 32.7 Å². The van der Waals surface area contributed by atoms with E-state index in [1.165, 1.54) is 6.42 Å². The average molecular weight is 528 g/mol. The number of carbonyl (C=O) groups is 1. The molecule has 166 valence electrons. The number of nitrogens with one attached hydrogen (secondary N) is 1. The maximum absolute atomic E-state index is 13.4. The van der Waals surface area contributed by atoms with Gasteiger partial charge in [0.1, 0.15) is 6.04 Å². The fourth-order valence-corrected chi connectivity index (χ4v) is 6.60. The third-order valence-electron chi connectivity index (χ3n) is 7.98. The van der Waals surface area contributed by atoms with E-state index in [1.807, 2.05) is 24.3 Å². The molecule has 1 heterocycles. The van der Waals surface area contributed by atoms with Gasteiger partial charge in [0.25, 0.3) is 0 Å². The van der Waals surface area contributed by atoms with Crippen molar-refractivity contribution in [1.82, 2.24) is 10.4 Å². The van der Waals surface area contributed by atoms with Crippen molar-refractivity contribution < 1.29 is 19.8 Å². The van der Waals surface area contributed by atoms with Crippen LogP contribution in [-0.4, -0.2) is 45.7 Å². The highest BCUT2D eigenvalue weighted by Crippen LogP contribution is 2.61. The maximum Gasteiger partial charge on any atom is 0.240 e. The number of hydroxylamine groups is 2. The molecule has 0 aromatic heterocycles. The van der Waals surface area contributed by atoms with E-state index < -0.39 is 24.4 Å². The lowest BCUT2D eigenvalue weighted by Crippen LogP contribution is -2.62. The predicted molar refractivity (Wildman–Crippen MR) is 122 cm³/mol. The first-order valence-corrected chi connectivity index (χ1v) is 12.0. The Labute approximate surface area is 192 Å². The summed E-state index contributed by atoms with van der Waals surface area (Å²) in [7, 11) is 0. The van der Waals surface area contributed by atoms with Crippen molar-refractivity contribution in [1.29, 1.82) is 0 Å². The fourth-order valence-electron chi connectivity index (χ4n) is 5.99. The summed E-state index contributed by atoms with van der Waals surface area (Å²) in [5.74, 6) is 0.818. The summed E-state index contributed by atoms with van der Waals surface area (Å²) < 4.78 is 1.09. The van der Waals surface area contributed by atoms with Crippen LogP contribution < -0.4 is 5.32 Å². The number of amides is 1. The topological polar surface area (TPSA) is 82.0 Å². The first kappa shape index (κ1) is 22.5. The Kier molecular flexibility index (Phi) is 6.22. The van der Waals surface area contributed by atoms with Crippen LogP contribution in [-0.2, 0) is 16.2 Å². The molecule has 6 nitrogen and oxygen atoms in total. The first-order chi connectivity index (χ1) is 14.1. The summed E-state index contributed by atoms with van der Waals surface area (Å²) in [6, 6.07) is 7.35. The average Bonchev–Trinajstić information content (AvgIpc) is 2.98. The standard InChI is InChI=1S/C23H33IN2O4/c1-12-17-9-15(23(17,3)4)10-18(12)25-21(28)20-19(13(2)27)22(29)30-26(20)11-14-6-5-7-16(24)8-14/h5-8,12-13,15,17-20,22,27,29H,9-11H2,1-4H3,(H,25,28)/t12?,13-,15+,17-,18-,19-,20-,22?/m0/s1. The van der Waals surface area contributed by atoms with Crippen LogP contribution in [0.5, 0.6) is 0 Å². The van der Waals surface area contributed by atoms with Crippen molar-refractivity contribution >= 4 is 28.5 Å². The molecule has 1 aromatic carbocycles. The molecule has 1 aliphatic heterocycles. The number of hydrogen-bond acceptors (Lipinski definition) is 5. The molecule has 4 aliphatic rings. The Morgan fingerprint density at radius 2 is 2.13 bits per heavy atom. The lowest BCUT2D eigenvalue weighted by Gasteiger charge is -2.62. The van der Waals surface area contributed by atoms with Gasteiger partial charge in [-0.2, -0.15) is 5.06 Å². The zero-order valence-electron chi connectivity index (χ0n) is 18.1. The van der Waals surface area contributed by atoms with Crippen LogP contribution in [0.4, 0.5) is 0 Å². The first-order valence-electron chi connectivity index (χ1n) is 10.9. The quantitative estimate of drug-likeness (QED) is 0.513. The summed E-state index contributed by atoms with van der Waals surface area (Å²) in [4.78, 5) is 19.1. The van der Waals surface area contributed by atoms with Gasteiger partial charge in [-0.05, 0) is 83.2 Å². The van der Waals surface area contributed by atoms with E-state index in [0.717, 1.165) is 15.6 Å². The molecule has 1 amide bonds. The van der Waals surface area contributed by atoms with Crippen LogP contribution in [0.25, 0.3) is 0 Å². The highest BCUT2D eigenvalue weighted by Gasteiger charge is 2.57. The van der Waals surface area contributed by atoms with Gasteiger partial charge in [0.05, 0.1) is 18.6 Å². The van der Waals surface area contributed by atoms with Crippen molar-refractivity contribution in [2.24, 2.45) is 29.1 Å².